The molecule has 0 aliphatic heterocycles. The van der Waals surface area contributed by atoms with Gasteiger partial charge >= 0.3 is 5.97 Å². The molecule has 0 aliphatic rings. The molecule has 0 radical (unpaired) electrons. The third-order valence-corrected chi connectivity index (χ3v) is 4.76. The van der Waals surface area contributed by atoms with E-state index in [1.807, 2.05) is 32.0 Å². The quantitative estimate of drug-likeness (QED) is 0.535. The van der Waals surface area contributed by atoms with Gasteiger partial charge in [0.15, 0.2) is 6.61 Å². The van der Waals surface area contributed by atoms with Crippen molar-refractivity contribution >= 4 is 29.3 Å². The maximum Gasteiger partial charge on any atom is 0.328 e. The zero-order valence-electron chi connectivity index (χ0n) is 16.3. The van der Waals surface area contributed by atoms with Gasteiger partial charge in [-0.3, -0.25) is 9.59 Å². The van der Waals surface area contributed by atoms with Crippen LogP contribution < -0.4 is 5.32 Å². The Labute approximate surface area is 170 Å². The van der Waals surface area contributed by atoms with Crippen molar-refractivity contribution in [1.29, 1.82) is 0 Å². The molecule has 2 rings (SSSR count). The fourth-order valence-corrected chi connectivity index (χ4v) is 2.95. The smallest absolute Gasteiger partial charge is 0.328 e. The van der Waals surface area contributed by atoms with Crippen molar-refractivity contribution in [1.82, 2.24) is 5.32 Å². The molecule has 28 heavy (non-hydrogen) atoms. The number of ketones is 1. The van der Waals surface area contributed by atoms with Crippen molar-refractivity contribution in [2.45, 2.75) is 39.7 Å². The van der Waals surface area contributed by atoms with Crippen LogP contribution in [0.2, 0.25) is 5.02 Å². The second kappa shape index (κ2) is 10.0. The number of halogens is 1. The fraction of sp³-hybridized carbons (Fsp3) is 0.318. The first-order valence-corrected chi connectivity index (χ1v) is 9.62. The molecule has 2 aromatic rings. The first-order valence-electron chi connectivity index (χ1n) is 9.24. The molecule has 1 N–H and O–H groups in total. The molecule has 1 amide bonds. The minimum atomic E-state index is -0.913. The molecule has 0 saturated heterocycles. The highest BCUT2D eigenvalue weighted by molar-refractivity contribution is 6.33. The lowest BCUT2D eigenvalue weighted by molar-refractivity contribution is -0.144. The molecule has 0 aromatic heterocycles. The fourth-order valence-electron chi connectivity index (χ4n) is 2.73. The Bertz CT molecular complexity index is 879. The monoisotopic (exact) mass is 401 g/mol. The van der Waals surface area contributed by atoms with Gasteiger partial charge in [0.1, 0.15) is 6.04 Å². The summed E-state index contributed by atoms with van der Waals surface area (Å²) in [6, 6.07) is 11.4. The van der Waals surface area contributed by atoms with Crippen LogP contribution in [0.1, 0.15) is 52.6 Å². The van der Waals surface area contributed by atoms with Crippen molar-refractivity contribution in [2.75, 3.05) is 6.61 Å². The number of ether oxygens (including phenoxy) is 1. The van der Waals surface area contributed by atoms with E-state index in [0.717, 1.165) is 17.5 Å². The molecule has 0 saturated carbocycles. The largest absolute Gasteiger partial charge is 0.456 e. The third kappa shape index (κ3) is 5.42. The van der Waals surface area contributed by atoms with Crippen molar-refractivity contribution in [2.24, 2.45) is 0 Å². The Morgan fingerprint density at radius 1 is 1.04 bits per heavy atom. The molecule has 1 atom stereocenters. The Kier molecular flexibility index (Phi) is 7.76. The average Bonchev–Trinajstić information content (AvgIpc) is 2.71. The first-order chi connectivity index (χ1) is 13.4. The summed E-state index contributed by atoms with van der Waals surface area (Å²) in [5, 5.41) is 2.82. The average molecular weight is 402 g/mol. The van der Waals surface area contributed by atoms with Gasteiger partial charge in [0.05, 0.1) is 10.6 Å². The van der Waals surface area contributed by atoms with Crippen LogP contribution in [0.25, 0.3) is 0 Å². The van der Waals surface area contributed by atoms with E-state index in [1.165, 1.54) is 6.92 Å². The van der Waals surface area contributed by atoms with Crippen LogP contribution in [-0.4, -0.2) is 30.3 Å². The lowest BCUT2D eigenvalue weighted by atomic mass is 9.98. The summed E-state index contributed by atoms with van der Waals surface area (Å²) in [7, 11) is 0. The van der Waals surface area contributed by atoms with Gasteiger partial charge in [-0.15, -0.1) is 0 Å². The van der Waals surface area contributed by atoms with E-state index in [-0.39, 0.29) is 18.0 Å². The SMILES string of the molecule is CCc1ccc(CC)c(C(=O)COC(=O)C(C)NC(=O)c2ccccc2Cl)c1. The molecule has 6 heteroatoms. The zero-order valence-corrected chi connectivity index (χ0v) is 17.0. The van der Waals surface area contributed by atoms with Crippen LogP contribution in [0.15, 0.2) is 42.5 Å². The maximum absolute atomic E-state index is 12.5. The second-order valence-corrected chi connectivity index (χ2v) is 6.81. The van der Waals surface area contributed by atoms with Gasteiger partial charge in [-0.2, -0.15) is 0 Å². The number of benzene rings is 2. The third-order valence-electron chi connectivity index (χ3n) is 4.43. The molecule has 0 heterocycles. The summed E-state index contributed by atoms with van der Waals surface area (Å²) < 4.78 is 5.12. The molecular formula is C22H24ClNO4. The summed E-state index contributed by atoms with van der Waals surface area (Å²) in [6.45, 7) is 5.11. The van der Waals surface area contributed by atoms with E-state index in [4.69, 9.17) is 16.3 Å². The Balaban J connectivity index is 1.97. The number of carbonyl (C=O) groups excluding carboxylic acids is 3. The summed E-state index contributed by atoms with van der Waals surface area (Å²) >= 11 is 5.98. The Morgan fingerprint density at radius 2 is 1.75 bits per heavy atom. The topological polar surface area (TPSA) is 72.5 Å². The van der Waals surface area contributed by atoms with E-state index in [0.29, 0.717) is 17.0 Å². The Hall–Kier alpha value is -2.66. The number of carbonyl (C=O) groups is 3. The van der Waals surface area contributed by atoms with Crippen LogP contribution in [0, 0.1) is 0 Å². The maximum atomic E-state index is 12.5. The van der Waals surface area contributed by atoms with Gasteiger partial charge < -0.3 is 10.1 Å². The summed E-state index contributed by atoms with van der Waals surface area (Å²) in [6.07, 6.45) is 1.53. The van der Waals surface area contributed by atoms with Gasteiger partial charge in [0.25, 0.3) is 5.91 Å². The molecule has 148 valence electrons. The van der Waals surface area contributed by atoms with Crippen LogP contribution in [-0.2, 0) is 22.4 Å². The molecule has 0 bridgehead atoms. The van der Waals surface area contributed by atoms with Crippen LogP contribution in [0.5, 0.6) is 0 Å². The molecule has 0 spiro atoms. The number of esters is 1. The summed E-state index contributed by atoms with van der Waals surface area (Å²) in [5.41, 5.74) is 2.80. The Morgan fingerprint density at radius 3 is 2.39 bits per heavy atom. The van der Waals surface area contributed by atoms with Crippen molar-refractivity contribution in [3.63, 3.8) is 0 Å². The van der Waals surface area contributed by atoms with Gasteiger partial charge in [-0.05, 0) is 49.1 Å². The predicted octanol–water partition coefficient (Wildman–Crippen LogP) is 4.01. The van der Waals surface area contributed by atoms with E-state index in [9.17, 15) is 14.4 Å². The molecular weight excluding hydrogens is 378 g/mol. The lowest BCUT2D eigenvalue weighted by Crippen LogP contribution is -2.40. The molecule has 0 fully saturated rings. The highest BCUT2D eigenvalue weighted by Gasteiger charge is 2.21. The molecule has 1 unspecified atom stereocenters. The summed E-state index contributed by atoms with van der Waals surface area (Å²) in [5.74, 6) is -1.42. The number of hydrogen-bond donors (Lipinski definition) is 1. The van der Waals surface area contributed by atoms with Crippen LogP contribution in [0.3, 0.4) is 0 Å². The van der Waals surface area contributed by atoms with Gasteiger partial charge in [0, 0.05) is 5.56 Å². The molecule has 0 aliphatic carbocycles. The minimum absolute atomic E-state index is 0.259. The van der Waals surface area contributed by atoms with E-state index in [2.05, 4.69) is 5.32 Å². The van der Waals surface area contributed by atoms with Crippen LogP contribution >= 0.6 is 11.6 Å². The first kappa shape index (κ1) is 21.6. The van der Waals surface area contributed by atoms with E-state index in [1.54, 1.807) is 24.3 Å². The van der Waals surface area contributed by atoms with Crippen molar-refractivity contribution in [3.8, 4) is 0 Å². The van der Waals surface area contributed by atoms with Gasteiger partial charge in [-0.25, -0.2) is 4.79 Å². The van der Waals surface area contributed by atoms with E-state index >= 15 is 0 Å². The van der Waals surface area contributed by atoms with Crippen molar-refractivity contribution in [3.05, 3.63) is 69.7 Å². The number of aryl methyl sites for hydroxylation is 2. The number of Topliss-reactive ketones (excluding diaryl/α,β-unsaturated/α-hetero) is 1. The zero-order chi connectivity index (χ0) is 20.7. The molecule has 2 aromatic carbocycles. The number of hydrogen-bond acceptors (Lipinski definition) is 4. The van der Waals surface area contributed by atoms with Crippen LogP contribution in [0.4, 0.5) is 0 Å². The number of nitrogens with one attached hydrogen (secondary N) is 1. The highest BCUT2D eigenvalue weighted by Crippen LogP contribution is 2.16. The van der Waals surface area contributed by atoms with E-state index < -0.39 is 17.9 Å². The predicted molar refractivity (Wildman–Crippen MR) is 109 cm³/mol. The van der Waals surface area contributed by atoms with Crippen molar-refractivity contribution < 1.29 is 19.1 Å². The molecule has 5 nitrogen and oxygen atoms in total. The second-order valence-electron chi connectivity index (χ2n) is 6.40. The number of rotatable bonds is 8. The lowest BCUT2D eigenvalue weighted by Gasteiger charge is -2.14. The highest BCUT2D eigenvalue weighted by atomic mass is 35.5. The minimum Gasteiger partial charge on any atom is -0.456 e. The van der Waals surface area contributed by atoms with Gasteiger partial charge in [0.2, 0.25) is 5.78 Å². The van der Waals surface area contributed by atoms with Gasteiger partial charge in [-0.1, -0.05) is 49.7 Å². The standard InChI is InChI=1S/C22H24ClNO4/c1-4-15-10-11-16(5-2)18(12-15)20(25)13-28-22(27)14(3)24-21(26)17-8-6-7-9-19(17)23/h6-12,14H,4-5,13H2,1-3H3,(H,24,26). The number of amides is 1. The normalized spacial score (nSPS) is 11.6. The summed E-state index contributed by atoms with van der Waals surface area (Å²) in [4.78, 5) is 36.9.